The summed E-state index contributed by atoms with van der Waals surface area (Å²) in [7, 11) is 0. The van der Waals surface area contributed by atoms with Gasteiger partial charge in [0.05, 0.1) is 19.3 Å². The van der Waals surface area contributed by atoms with Crippen molar-refractivity contribution in [3.8, 4) is 0 Å². The van der Waals surface area contributed by atoms with Gasteiger partial charge in [0.25, 0.3) is 0 Å². The van der Waals surface area contributed by atoms with Gasteiger partial charge in [0.1, 0.15) is 0 Å². The van der Waals surface area contributed by atoms with Crippen molar-refractivity contribution in [1.29, 1.82) is 0 Å². The van der Waals surface area contributed by atoms with Crippen LogP contribution in [0.1, 0.15) is 22.3 Å². The van der Waals surface area contributed by atoms with Crippen molar-refractivity contribution in [2.75, 3.05) is 13.2 Å². The molecule has 1 atom stereocenters. The molecular formula is C25H29NO2. The van der Waals surface area contributed by atoms with E-state index in [1.165, 1.54) is 16.7 Å². The minimum atomic E-state index is -0.531. The number of nitrogens with zero attached hydrogens (tertiary/aromatic N) is 1. The molecule has 0 saturated carbocycles. The average molecular weight is 376 g/mol. The van der Waals surface area contributed by atoms with Gasteiger partial charge in [0.15, 0.2) is 0 Å². The van der Waals surface area contributed by atoms with Crippen molar-refractivity contribution in [3.63, 3.8) is 0 Å². The van der Waals surface area contributed by atoms with Crippen LogP contribution in [0.3, 0.4) is 0 Å². The second-order valence-electron chi connectivity index (χ2n) is 7.24. The third kappa shape index (κ3) is 6.61. The third-order valence-electron chi connectivity index (χ3n) is 4.79. The van der Waals surface area contributed by atoms with Gasteiger partial charge in [-0.2, -0.15) is 0 Å². The Bertz CT molecular complexity index is 820. The lowest BCUT2D eigenvalue weighted by Crippen LogP contribution is -2.34. The molecule has 1 unspecified atom stereocenters. The van der Waals surface area contributed by atoms with E-state index < -0.39 is 6.10 Å². The van der Waals surface area contributed by atoms with Crippen LogP contribution in [0.15, 0.2) is 84.9 Å². The van der Waals surface area contributed by atoms with Gasteiger partial charge >= 0.3 is 0 Å². The maximum atomic E-state index is 10.6. The summed E-state index contributed by atoms with van der Waals surface area (Å²) in [6.07, 6.45) is -0.531. The molecule has 0 aliphatic heterocycles. The monoisotopic (exact) mass is 375 g/mol. The van der Waals surface area contributed by atoms with Crippen LogP contribution >= 0.6 is 0 Å². The molecule has 3 aromatic carbocycles. The lowest BCUT2D eigenvalue weighted by Gasteiger charge is -2.26. The van der Waals surface area contributed by atoms with E-state index in [1.807, 2.05) is 36.4 Å². The number of aryl methyl sites for hydroxylation is 1. The Balaban J connectivity index is 1.58. The van der Waals surface area contributed by atoms with E-state index in [0.29, 0.717) is 19.8 Å². The molecule has 0 fully saturated rings. The summed E-state index contributed by atoms with van der Waals surface area (Å²) in [5.41, 5.74) is 4.93. The third-order valence-corrected chi connectivity index (χ3v) is 4.79. The van der Waals surface area contributed by atoms with Gasteiger partial charge in [-0.25, -0.2) is 0 Å². The number of ether oxygens (including phenoxy) is 1. The fraction of sp³-hybridized carbons (Fsp3) is 0.280. The molecule has 0 amide bonds. The number of hydrogen-bond acceptors (Lipinski definition) is 3. The maximum Gasteiger partial charge on any atom is 0.0900 e. The van der Waals surface area contributed by atoms with E-state index in [9.17, 15) is 5.11 Å². The molecule has 0 heterocycles. The topological polar surface area (TPSA) is 32.7 Å². The fourth-order valence-electron chi connectivity index (χ4n) is 3.29. The van der Waals surface area contributed by atoms with Gasteiger partial charge in [-0.05, 0) is 29.2 Å². The molecule has 3 heteroatoms. The molecule has 1 N–H and O–H groups in total. The van der Waals surface area contributed by atoms with E-state index in [0.717, 1.165) is 18.7 Å². The zero-order valence-corrected chi connectivity index (χ0v) is 16.5. The Morgan fingerprint density at radius 1 is 0.786 bits per heavy atom. The largest absolute Gasteiger partial charge is 0.389 e. The lowest BCUT2D eigenvalue weighted by atomic mass is 10.1. The van der Waals surface area contributed by atoms with Gasteiger partial charge in [-0.15, -0.1) is 0 Å². The van der Waals surface area contributed by atoms with Crippen molar-refractivity contribution in [1.82, 2.24) is 4.90 Å². The normalized spacial score (nSPS) is 12.2. The molecule has 0 radical (unpaired) electrons. The minimum Gasteiger partial charge on any atom is -0.389 e. The first-order valence-corrected chi connectivity index (χ1v) is 9.81. The summed E-state index contributed by atoms with van der Waals surface area (Å²) in [6, 6.07) is 28.9. The Labute approximate surface area is 168 Å². The predicted octanol–water partition coefficient (Wildman–Crippen LogP) is 4.57. The molecule has 146 valence electrons. The van der Waals surface area contributed by atoms with Gasteiger partial charge in [-0.1, -0.05) is 84.9 Å². The SMILES string of the molecule is Cc1ccccc1CN(Cc1ccccc1)CC(O)COCc1ccccc1. The van der Waals surface area contributed by atoms with Crippen LogP contribution in [0.4, 0.5) is 0 Å². The second kappa shape index (κ2) is 10.8. The molecule has 0 saturated heterocycles. The highest BCUT2D eigenvalue weighted by molar-refractivity contribution is 5.25. The van der Waals surface area contributed by atoms with Gasteiger partial charge in [0, 0.05) is 19.6 Å². The number of aliphatic hydroxyl groups is 1. The smallest absolute Gasteiger partial charge is 0.0900 e. The van der Waals surface area contributed by atoms with Crippen molar-refractivity contribution in [2.24, 2.45) is 0 Å². The summed E-state index contributed by atoms with van der Waals surface area (Å²) in [5, 5.41) is 10.6. The molecule has 0 aliphatic carbocycles. The highest BCUT2D eigenvalue weighted by Gasteiger charge is 2.14. The summed E-state index contributed by atoms with van der Waals surface area (Å²) in [6.45, 7) is 5.15. The zero-order chi connectivity index (χ0) is 19.6. The molecule has 0 bridgehead atoms. The summed E-state index contributed by atoms with van der Waals surface area (Å²) in [5.74, 6) is 0. The first kappa shape index (κ1) is 20.3. The Morgan fingerprint density at radius 2 is 1.39 bits per heavy atom. The van der Waals surface area contributed by atoms with Crippen molar-refractivity contribution >= 4 is 0 Å². The number of benzene rings is 3. The number of aliphatic hydroxyl groups excluding tert-OH is 1. The van der Waals surface area contributed by atoms with Crippen molar-refractivity contribution in [3.05, 3.63) is 107 Å². The van der Waals surface area contributed by atoms with Crippen molar-refractivity contribution < 1.29 is 9.84 Å². The molecule has 0 aliphatic rings. The highest BCUT2D eigenvalue weighted by Crippen LogP contribution is 2.14. The molecule has 3 rings (SSSR count). The van der Waals surface area contributed by atoms with Crippen LogP contribution in [0.2, 0.25) is 0 Å². The van der Waals surface area contributed by atoms with E-state index in [-0.39, 0.29) is 0 Å². The molecule has 3 nitrogen and oxygen atoms in total. The van der Waals surface area contributed by atoms with Gasteiger partial charge in [0.2, 0.25) is 0 Å². The summed E-state index contributed by atoms with van der Waals surface area (Å²) >= 11 is 0. The molecule has 28 heavy (non-hydrogen) atoms. The molecule has 3 aromatic rings. The Kier molecular flexibility index (Phi) is 7.80. The van der Waals surface area contributed by atoms with E-state index in [1.54, 1.807) is 0 Å². The van der Waals surface area contributed by atoms with E-state index in [4.69, 9.17) is 4.74 Å². The van der Waals surface area contributed by atoms with Crippen LogP contribution in [0.5, 0.6) is 0 Å². The molecular weight excluding hydrogens is 346 g/mol. The first-order chi connectivity index (χ1) is 13.7. The van der Waals surface area contributed by atoms with Crippen LogP contribution in [-0.4, -0.2) is 29.3 Å². The van der Waals surface area contributed by atoms with Gasteiger partial charge < -0.3 is 9.84 Å². The maximum absolute atomic E-state index is 10.6. The Hall–Kier alpha value is -2.46. The number of hydrogen-bond donors (Lipinski definition) is 1. The van der Waals surface area contributed by atoms with Gasteiger partial charge in [-0.3, -0.25) is 4.90 Å². The predicted molar refractivity (Wildman–Crippen MR) is 114 cm³/mol. The minimum absolute atomic E-state index is 0.327. The Morgan fingerprint density at radius 3 is 2.07 bits per heavy atom. The standard InChI is InChI=1S/C25H29NO2/c1-21-10-8-9-15-24(21)17-26(16-22-11-4-2-5-12-22)18-25(27)20-28-19-23-13-6-3-7-14-23/h2-15,25,27H,16-20H2,1H3. The number of rotatable bonds is 10. The zero-order valence-electron chi connectivity index (χ0n) is 16.5. The van der Waals surface area contributed by atoms with E-state index in [2.05, 4.69) is 60.4 Å². The highest BCUT2D eigenvalue weighted by atomic mass is 16.5. The summed E-state index contributed by atoms with van der Waals surface area (Å²) in [4.78, 5) is 2.29. The quantitative estimate of drug-likeness (QED) is 0.563. The van der Waals surface area contributed by atoms with E-state index >= 15 is 0 Å². The van der Waals surface area contributed by atoms with Crippen LogP contribution in [0.25, 0.3) is 0 Å². The lowest BCUT2D eigenvalue weighted by molar-refractivity contribution is 0.00710. The average Bonchev–Trinajstić information content (AvgIpc) is 2.71. The molecule has 0 aromatic heterocycles. The first-order valence-electron chi connectivity index (χ1n) is 9.81. The summed E-state index contributed by atoms with van der Waals surface area (Å²) < 4.78 is 5.73. The van der Waals surface area contributed by atoms with Crippen LogP contribution in [-0.2, 0) is 24.4 Å². The molecule has 0 spiro atoms. The fourth-order valence-corrected chi connectivity index (χ4v) is 3.29. The van der Waals surface area contributed by atoms with Crippen molar-refractivity contribution in [2.45, 2.75) is 32.7 Å². The second-order valence-corrected chi connectivity index (χ2v) is 7.24. The van der Waals surface area contributed by atoms with Crippen LogP contribution in [0, 0.1) is 6.92 Å². The van der Waals surface area contributed by atoms with Crippen LogP contribution < -0.4 is 0 Å².